The van der Waals surface area contributed by atoms with E-state index in [0.717, 1.165) is 0 Å². The number of hydrogen-bond donors (Lipinski definition) is 2. The SMILES string of the molecule is Cc1n[nH]c(C)c1C(=O)Nc1c(Cl)cc(Cl)cc1Cl. The van der Waals surface area contributed by atoms with Crippen molar-refractivity contribution < 1.29 is 4.79 Å². The Labute approximate surface area is 125 Å². The number of halogens is 3. The third-order valence-corrected chi connectivity index (χ3v) is 3.41. The first-order chi connectivity index (χ1) is 8.90. The van der Waals surface area contributed by atoms with Crippen LogP contribution < -0.4 is 5.32 Å². The van der Waals surface area contributed by atoms with E-state index in [-0.39, 0.29) is 16.0 Å². The van der Waals surface area contributed by atoms with Crippen LogP contribution in [0.3, 0.4) is 0 Å². The average Bonchev–Trinajstić information content (AvgIpc) is 2.63. The summed E-state index contributed by atoms with van der Waals surface area (Å²) in [6, 6.07) is 3.03. The molecule has 1 amide bonds. The van der Waals surface area contributed by atoms with Gasteiger partial charge in [-0.1, -0.05) is 34.8 Å². The fourth-order valence-electron chi connectivity index (χ4n) is 1.72. The molecule has 0 aliphatic carbocycles. The summed E-state index contributed by atoms with van der Waals surface area (Å²) in [6.07, 6.45) is 0. The van der Waals surface area contributed by atoms with Crippen LogP contribution in [-0.4, -0.2) is 16.1 Å². The van der Waals surface area contributed by atoms with Crippen molar-refractivity contribution in [1.82, 2.24) is 10.2 Å². The molecular formula is C12H10Cl3N3O. The van der Waals surface area contributed by atoms with Crippen LogP contribution in [-0.2, 0) is 0 Å². The summed E-state index contributed by atoms with van der Waals surface area (Å²) >= 11 is 17.8. The van der Waals surface area contributed by atoms with Crippen LogP contribution in [0.25, 0.3) is 0 Å². The lowest BCUT2D eigenvalue weighted by molar-refractivity contribution is 0.102. The van der Waals surface area contributed by atoms with Gasteiger partial charge in [-0.3, -0.25) is 9.89 Å². The molecule has 2 aromatic rings. The second kappa shape index (κ2) is 5.41. The van der Waals surface area contributed by atoms with E-state index in [1.807, 2.05) is 0 Å². The third kappa shape index (κ3) is 2.86. The number of carbonyl (C=O) groups excluding carboxylic acids is 1. The zero-order valence-corrected chi connectivity index (χ0v) is 12.4. The maximum Gasteiger partial charge on any atom is 0.259 e. The first-order valence-corrected chi connectivity index (χ1v) is 6.51. The number of hydrogen-bond acceptors (Lipinski definition) is 2. The number of benzene rings is 1. The van der Waals surface area contributed by atoms with Crippen LogP contribution >= 0.6 is 34.8 Å². The molecule has 0 radical (unpaired) electrons. The first kappa shape index (κ1) is 14.2. The summed E-state index contributed by atoms with van der Waals surface area (Å²) < 4.78 is 0. The van der Waals surface area contributed by atoms with Gasteiger partial charge < -0.3 is 5.32 Å². The molecule has 100 valence electrons. The molecule has 0 saturated carbocycles. The first-order valence-electron chi connectivity index (χ1n) is 5.37. The van der Waals surface area contributed by atoms with Gasteiger partial charge in [0, 0.05) is 10.7 Å². The Kier molecular flexibility index (Phi) is 4.04. The Morgan fingerprint density at radius 3 is 2.26 bits per heavy atom. The van der Waals surface area contributed by atoms with Gasteiger partial charge in [0.1, 0.15) is 0 Å². The van der Waals surface area contributed by atoms with Crippen molar-refractivity contribution >= 4 is 46.4 Å². The predicted molar refractivity (Wildman–Crippen MR) is 77.5 cm³/mol. The predicted octanol–water partition coefficient (Wildman–Crippen LogP) is 4.24. The molecule has 19 heavy (non-hydrogen) atoms. The number of aromatic amines is 1. The highest BCUT2D eigenvalue weighted by Gasteiger charge is 2.18. The molecule has 1 heterocycles. The van der Waals surface area contributed by atoms with Crippen LogP contribution in [0.1, 0.15) is 21.7 Å². The highest BCUT2D eigenvalue weighted by atomic mass is 35.5. The molecular weight excluding hydrogens is 309 g/mol. The molecule has 1 aromatic heterocycles. The van der Waals surface area contributed by atoms with Crippen molar-refractivity contribution in [2.24, 2.45) is 0 Å². The van der Waals surface area contributed by atoms with Crippen molar-refractivity contribution in [3.05, 3.63) is 44.2 Å². The molecule has 1 aromatic carbocycles. The fraction of sp³-hybridized carbons (Fsp3) is 0.167. The van der Waals surface area contributed by atoms with Crippen LogP contribution in [0.4, 0.5) is 5.69 Å². The summed E-state index contributed by atoms with van der Waals surface area (Å²) in [5.41, 5.74) is 2.09. The van der Waals surface area contributed by atoms with Gasteiger partial charge in [-0.25, -0.2) is 0 Å². The molecule has 4 nitrogen and oxygen atoms in total. The van der Waals surface area contributed by atoms with Crippen molar-refractivity contribution in [3.8, 4) is 0 Å². The Morgan fingerprint density at radius 2 is 1.79 bits per heavy atom. The maximum atomic E-state index is 12.2. The molecule has 7 heteroatoms. The van der Waals surface area contributed by atoms with E-state index in [2.05, 4.69) is 15.5 Å². The summed E-state index contributed by atoms with van der Waals surface area (Å²) in [6.45, 7) is 3.50. The smallest absolute Gasteiger partial charge is 0.259 e. The average molecular weight is 319 g/mol. The number of nitrogens with zero attached hydrogens (tertiary/aromatic N) is 1. The monoisotopic (exact) mass is 317 g/mol. The number of anilines is 1. The standard InChI is InChI=1S/C12H10Cl3N3O/c1-5-10(6(2)18-17-5)12(19)16-11-8(14)3-7(13)4-9(11)15/h3-4H,1-2H3,(H,16,19)(H,17,18). The van der Waals surface area contributed by atoms with Crippen LogP contribution in [0.5, 0.6) is 0 Å². The van der Waals surface area contributed by atoms with Crippen LogP contribution in [0.15, 0.2) is 12.1 Å². The van der Waals surface area contributed by atoms with E-state index in [1.165, 1.54) is 12.1 Å². The molecule has 0 atom stereocenters. The van der Waals surface area contributed by atoms with E-state index in [4.69, 9.17) is 34.8 Å². The van der Waals surface area contributed by atoms with Crippen molar-refractivity contribution in [2.75, 3.05) is 5.32 Å². The summed E-state index contributed by atoms with van der Waals surface area (Å²) in [4.78, 5) is 12.2. The van der Waals surface area contributed by atoms with Gasteiger partial charge in [-0.05, 0) is 26.0 Å². The number of aromatic nitrogens is 2. The molecule has 0 bridgehead atoms. The summed E-state index contributed by atoms with van der Waals surface area (Å²) in [7, 11) is 0. The van der Waals surface area contributed by atoms with Crippen LogP contribution in [0.2, 0.25) is 15.1 Å². The molecule has 0 aliphatic rings. The number of H-pyrrole nitrogens is 1. The number of carbonyl (C=O) groups is 1. The molecule has 2 N–H and O–H groups in total. The number of rotatable bonds is 2. The third-order valence-electron chi connectivity index (χ3n) is 2.60. The molecule has 2 rings (SSSR count). The molecule has 0 fully saturated rings. The molecule has 0 saturated heterocycles. The van der Waals surface area contributed by atoms with Gasteiger partial charge >= 0.3 is 0 Å². The van der Waals surface area contributed by atoms with Crippen molar-refractivity contribution in [1.29, 1.82) is 0 Å². The van der Waals surface area contributed by atoms with E-state index >= 15 is 0 Å². The van der Waals surface area contributed by atoms with E-state index in [9.17, 15) is 4.79 Å². The fourth-order valence-corrected chi connectivity index (χ4v) is 2.63. The second-order valence-electron chi connectivity index (χ2n) is 4.01. The quantitative estimate of drug-likeness (QED) is 0.870. The van der Waals surface area contributed by atoms with E-state index in [0.29, 0.717) is 27.7 Å². The van der Waals surface area contributed by atoms with E-state index < -0.39 is 0 Å². The lowest BCUT2D eigenvalue weighted by Crippen LogP contribution is -2.14. The van der Waals surface area contributed by atoms with Crippen molar-refractivity contribution in [2.45, 2.75) is 13.8 Å². The zero-order valence-electron chi connectivity index (χ0n) is 10.1. The minimum atomic E-state index is -0.324. The Balaban J connectivity index is 2.35. The van der Waals surface area contributed by atoms with Gasteiger partial charge in [0.15, 0.2) is 0 Å². The minimum Gasteiger partial charge on any atom is -0.319 e. The highest BCUT2D eigenvalue weighted by Crippen LogP contribution is 2.34. The lowest BCUT2D eigenvalue weighted by atomic mass is 10.2. The number of aryl methyl sites for hydroxylation is 2. The molecule has 0 aliphatic heterocycles. The summed E-state index contributed by atoms with van der Waals surface area (Å²) in [5.74, 6) is -0.324. The molecule has 0 spiro atoms. The number of amides is 1. The Bertz CT molecular complexity index is 609. The van der Waals surface area contributed by atoms with Gasteiger partial charge in [-0.2, -0.15) is 5.10 Å². The minimum absolute atomic E-state index is 0.282. The van der Waals surface area contributed by atoms with Gasteiger partial charge in [0.05, 0.1) is 27.0 Å². The summed E-state index contributed by atoms with van der Waals surface area (Å²) in [5, 5.41) is 10.3. The molecule has 0 unspecified atom stereocenters. The Hall–Kier alpha value is -1.23. The van der Waals surface area contributed by atoms with Gasteiger partial charge in [0.2, 0.25) is 0 Å². The van der Waals surface area contributed by atoms with Crippen LogP contribution in [0, 0.1) is 13.8 Å². The number of nitrogens with one attached hydrogen (secondary N) is 2. The van der Waals surface area contributed by atoms with Crippen molar-refractivity contribution in [3.63, 3.8) is 0 Å². The second-order valence-corrected chi connectivity index (χ2v) is 5.26. The largest absolute Gasteiger partial charge is 0.319 e. The van der Waals surface area contributed by atoms with Gasteiger partial charge in [-0.15, -0.1) is 0 Å². The topological polar surface area (TPSA) is 57.8 Å². The zero-order chi connectivity index (χ0) is 14.2. The van der Waals surface area contributed by atoms with Gasteiger partial charge in [0.25, 0.3) is 5.91 Å². The highest BCUT2D eigenvalue weighted by molar-refractivity contribution is 6.42. The normalized spacial score (nSPS) is 10.6. The Morgan fingerprint density at radius 1 is 1.21 bits per heavy atom. The lowest BCUT2D eigenvalue weighted by Gasteiger charge is -2.10. The van der Waals surface area contributed by atoms with E-state index in [1.54, 1.807) is 13.8 Å². The maximum absolute atomic E-state index is 12.2.